The van der Waals surface area contributed by atoms with Crippen molar-refractivity contribution in [2.24, 2.45) is 4.99 Å². The van der Waals surface area contributed by atoms with E-state index in [1.54, 1.807) is 14.2 Å². The van der Waals surface area contributed by atoms with Crippen molar-refractivity contribution < 1.29 is 9.47 Å². The van der Waals surface area contributed by atoms with Crippen LogP contribution in [0.1, 0.15) is 17.5 Å². The lowest BCUT2D eigenvalue weighted by Crippen LogP contribution is -2.36. The van der Waals surface area contributed by atoms with Gasteiger partial charge in [-0.1, -0.05) is 30.3 Å². The summed E-state index contributed by atoms with van der Waals surface area (Å²) in [5, 5.41) is 6.65. The Morgan fingerprint density at radius 1 is 1.00 bits per heavy atom. The number of guanidine groups is 1. The van der Waals surface area contributed by atoms with Gasteiger partial charge in [0.25, 0.3) is 0 Å². The third-order valence-electron chi connectivity index (χ3n) is 4.26. The molecule has 0 amide bonds. The van der Waals surface area contributed by atoms with E-state index in [1.165, 1.54) is 5.56 Å². The molecule has 0 atom stereocenters. The highest BCUT2D eigenvalue weighted by Crippen LogP contribution is 2.16. The van der Waals surface area contributed by atoms with Crippen LogP contribution in [0.5, 0.6) is 11.5 Å². The van der Waals surface area contributed by atoms with E-state index >= 15 is 0 Å². The Labute approximate surface area is 168 Å². The van der Waals surface area contributed by atoms with Gasteiger partial charge in [0.15, 0.2) is 5.96 Å². The number of nitrogens with zero attached hydrogens (tertiary/aromatic N) is 2. The van der Waals surface area contributed by atoms with Gasteiger partial charge in [-0.25, -0.2) is 0 Å². The van der Waals surface area contributed by atoms with Crippen molar-refractivity contribution in [1.82, 2.24) is 15.5 Å². The molecule has 0 aliphatic heterocycles. The normalized spacial score (nSPS) is 11.4. The summed E-state index contributed by atoms with van der Waals surface area (Å²) < 4.78 is 11.2. The smallest absolute Gasteiger partial charge is 0.191 e. The Balaban J connectivity index is 1.76. The Bertz CT molecular complexity index is 730. The van der Waals surface area contributed by atoms with Crippen molar-refractivity contribution in [3.63, 3.8) is 0 Å². The first-order valence-corrected chi connectivity index (χ1v) is 9.55. The molecule has 0 aromatic heterocycles. The Hall–Kier alpha value is -2.73. The maximum absolute atomic E-state index is 5.77. The fraction of sp³-hybridized carbons (Fsp3) is 0.409. The van der Waals surface area contributed by atoms with Crippen molar-refractivity contribution in [2.45, 2.75) is 19.5 Å². The zero-order valence-electron chi connectivity index (χ0n) is 17.4. The number of hydrogen-bond acceptors (Lipinski definition) is 4. The predicted octanol–water partition coefficient (Wildman–Crippen LogP) is 2.89. The second-order valence-corrected chi connectivity index (χ2v) is 6.74. The van der Waals surface area contributed by atoms with Gasteiger partial charge in [-0.15, -0.1) is 0 Å². The minimum absolute atomic E-state index is 0.642. The van der Waals surface area contributed by atoms with Crippen molar-refractivity contribution in [1.29, 1.82) is 0 Å². The van der Waals surface area contributed by atoms with E-state index in [-0.39, 0.29) is 0 Å². The SMILES string of the molecule is CN=C(NCc1ccc(OCCCN(C)C)cc1)NCc1ccccc1OC. The molecular formula is C22H32N4O2. The lowest BCUT2D eigenvalue weighted by atomic mass is 10.2. The molecule has 0 saturated heterocycles. The molecule has 0 fully saturated rings. The Kier molecular flexibility index (Phi) is 9.15. The van der Waals surface area contributed by atoms with Crippen LogP contribution in [0.2, 0.25) is 0 Å². The molecule has 0 aliphatic carbocycles. The van der Waals surface area contributed by atoms with E-state index in [0.29, 0.717) is 13.1 Å². The highest BCUT2D eigenvalue weighted by molar-refractivity contribution is 5.79. The molecular weight excluding hydrogens is 352 g/mol. The third kappa shape index (κ3) is 7.48. The molecule has 0 radical (unpaired) electrons. The lowest BCUT2D eigenvalue weighted by molar-refractivity contribution is 0.281. The molecule has 0 aliphatic rings. The maximum Gasteiger partial charge on any atom is 0.191 e. The molecule has 0 unspecified atom stereocenters. The van der Waals surface area contributed by atoms with Crippen molar-refractivity contribution in [3.8, 4) is 11.5 Å². The molecule has 6 nitrogen and oxygen atoms in total. The van der Waals surface area contributed by atoms with E-state index in [0.717, 1.165) is 42.6 Å². The van der Waals surface area contributed by atoms with Gasteiger partial charge in [0, 0.05) is 32.2 Å². The average molecular weight is 385 g/mol. The standard InChI is InChI=1S/C22H32N4O2/c1-23-22(25-17-19-8-5-6-9-21(19)27-4)24-16-18-10-12-20(13-11-18)28-15-7-14-26(2)3/h5-6,8-13H,7,14-17H2,1-4H3,(H2,23,24,25). The summed E-state index contributed by atoms with van der Waals surface area (Å²) in [6.45, 7) is 3.09. The first kappa shape index (κ1) is 21.6. The molecule has 2 aromatic rings. The van der Waals surface area contributed by atoms with Crippen LogP contribution in [-0.2, 0) is 13.1 Å². The topological polar surface area (TPSA) is 58.1 Å². The number of aliphatic imine (C=N–C) groups is 1. The predicted molar refractivity (Wildman–Crippen MR) is 115 cm³/mol. The molecule has 0 spiro atoms. The van der Waals surface area contributed by atoms with Crippen LogP contribution >= 0.6 is 0 Å². The number of methoxy groups -OCH3 is 1. The van der Waals surface area contributed by atoms with Crippen LogP contribution in [0.25, 0.3) is 0 Å². The van der Waals surface area contributed by atoms with E-state index in [1.807, 2.05) is 36.4 Å². The maximum atomic E-state index is 5.77. The summed E-state index contributed by atoms with van der Waals surface area (Å²) in [7, 11) is 7.59. The second-order valence-electron chi connectivity index (χ2n) is 6.74. The quantitative estimate of drug-likeness (QED) is 0.375. The van der Waals surface area contributed by atoms with Gasteiger partial charge < -0.3 is 25.0 Å². The third-order valence-corrected chi connectivity index (χ3v) is 4.26. The minimum atomic E-state index is 0.642. The fourth-order valence-electron chi connectivity index (χ4n) is 2.71. The number of benzene rings is 2. The van der Waals surface area contributed by atoms with E-state index in [4.69, 9.17) is 9.47 Å². The monoisotopic (exact) mass is 384 g/mol. The van der Waals surface area contributed by atoms with Gasteiger partial charge >= 0.3 is 0 Å². The zero-order valence-corrected chi connectivity index (χ0v) is 17.4. The highest BCUT2D eigenvalue weighted by Gasteiger charge is 2.04. The summed E-state index contributed by atoms with van der Waals surface area (Å²) in [4.78, 5) is 6.44. The molecule has 0 bridgehead atoms. The van der Waals surface area contributed by atoms with Gasteiger partial charge in [-0.2, -0.15) is 0 Å². The van der Waals surface area contributed by atoms with Crippen molar-refractivity contribution >= 4 is 5.96 Å². The van der Waals surface area contributed by atoms with Crippen LogP contribution in [-0.4, -0.2) is 52.3 Å². The fourth-order valence-corrected chi connectivity index (χ4v) is 2.71. The summed E-state index contributed by atoms with van der Waals surface area (Å²) in [6.07, 6.45) is 1.02. The van der Waals surface area contributed by atoms with Crippen LogP contribution in [0.15, 0.2) is 53.5 Å². The second kappa shape index (κ2) is 11.9. The van der Waals surface area contributed by atoms with Gasteiger partial charge in [0.05, 0.1) is 13.7 Å². The van der Waals surface area contributed by atoms with Crippen LogP contribution in [0.3, 0.4) is 0 Å². The van der Waals surface area contributed by atoms with E-state index in [2.05, 4.69) is 46.8 Å². The van der Waals surface area contributed by atoms with Crippen LogP contribution in [0, 0.1) is 0 Å². The number of para-hydroxylation sites is 1. The summed E-state index contributed by atoms with van der Waals surface area (Å²) in [5.74, 6) is 2.52. The van der Waals surface area contributed by atoms with Crippen molar-refractivity contribution in [3.05, 3.63) is 59.7 Å². The average Bonchev–Trinajstić information content (AvgIpc) is 2.72. The van der Waals surface area contributed by atoms with Gasteiger partial charge in [-0.05, 0) is 44.3 Å². The molecule has 2 aromatic carbocycles. The van der Waals surface area contributed by atoms with Gasteiger partial charge in [0.1, 0.15) is 11.5 Å². The highest BCUT2D eigenvalue weighted by atomic mass is 16.5. The summed E-state index contributed by atoms with van der Waals surface area (Å²) >= 11 is 0. The van der Waals surface area contributed by atoms with Crippen molar-refractivity contribution in [2.75, 3.05) is 41.4 Å². The molecule has 28 heavy (non-hydrogen) atoms. The molecule has 0 saturated carbocycles. The molecule has 6 heteroatoms. The zero-order chi connectivity index (χ0) is 20.2. The first-order chi connectivity index (χ1) is 13.6. The molecule has 152 valence electrons. The Morgan fingerprint density at radius 3 is 2.39 bits per heavy atom. The first-order valence-electron chi connectivity index (χ1n) is 9.55. The lowest BCUT2D eigenvalue weighted by Gasteiger charge is -2.14. The number of hydrogen-bond donors (Lipinski definition) is 2. The van der Waals surface area contributed by atoms with Gasteiger partial charge in [0.2, 0.25) is 0 Å². The van der Waals surface area contributed by atoms with Gasteiger partial charge in [-0.3, -0.25) is 4.99 Å². The summed E-state index contributed by atoms with van der Waals surface area (Å²) in [6, 6.07) is 16.1. The van der Waals surface area contributed by atoms with Crippen LogP contribution < -0.4 is 20.1 Å². The number of nitrogens with one attached hydrogen (secondary N) is 2. The number of ether oxygens (including phenoxy) is 2. The molecule has 2 N–H and O–H groups in total. The van der Waals surface area contributed by atoms with Crippen LogP contribution in [0.4, 0.5) is 0 Å². The van der Waals surface area contributed by atoms with E-state index < -0.39 is 0 Å². The largest absolute Gasteiger partial charge is 0.496 e. The van der Waals surface area contributed by atoms with E-state index in [9.17, 15) is 0 Å². The summed E-state index contributed by atoms with van der Waals surface area (Å²) in [5.41, 5.74) is 2.25. The molecule has 2 rings (SSSR count). The number of rotatable bonds is 10. The Morgan fingerprint density at radius 2 is 1.71 bits per heavy atom. The molecule has 0 heterocycles. The minimum Gasteiger partial charge on any atom is -0.496 e.